The van der Waals surface area contributed by atoms with E-state index < -0.39 is 10.8 Å². The molecule has 1 aromatic heterocycles. The smallest absolute Gasteiger partial charge is 0.160 e. The predicted octanol–water partition coefficient (Wildman–Crippen LogP) is 15.4. The monoisotopic (exact) mass is 848 g/mol. The second kappa shape index (κ2) is 14.9. The standard InChI is InChI=1S/C62H44N2S/c1-2-40-20-6-7-25-44(40)57-39-56(41-21-4-3-5-22-41)63-60(64-57)43-24-18-23-42(38-43)45-28-19-36-55-59(45)65-58-37-17-16-35-54(58)62(55)52-33-14-12-31-50(52)61(51-32-13-15-34-53(51)62)48-29-10-8-26-46(48)47-27-9-11-30-49(47)61/h3-19,21-40H,2,20H2,1H3. The molecular formula is C62H44N2S. The number of allylic oxidation sites excluding steroid dienone is 4. The highest BCUT2D eigenvalue weighted by molar-refractivity contribution is 7.99. The van der Waals surface area contributed by atoms with Crippen LogP contribution in [-0.2, 0) is 10.8 Å². The van der Waals surface area contributed by atoms with Crippen molar-refractivity contribution in [2.24, 2.45) is 5.92 Å². The normalized spacial score (nSPS) is 16.4. The Hall–Kier alpha value is -7.33. The lowest BCUT2D eigenvalue weighted by Crippen LogP contribution is -2.45. The Morgan fingerprint density at radius 3 is 1.65 bits per heavy atom. The molecule has 13 rings (SSSR count). The van der Waals surface area contributed by atoms with Crippen molar-refractivity contribution in [3.63, 3.8) is 0 Å². The molecule has 308 valence electrons. The van der Waals surface area contributed by atoms with E-state index in [1.54, 1.807) is 0 Å². The van der Waals surface area contributed by atoms with E-state index in [9.17, 15) is 0 Å². The molecule has 1 atom stereocenters. The van der Waals surface area contributed by atoms with E-state index in [0.29, 0.717) is 5.92 Å². The summed E-state index contributed by atoms with van der Waals surface area (Å²) in [5.74, 6) is 1.16. The van der Waals surface area contributed by atoms with E-state index in [4.69, 9.17) is 9.97 Å². The summed E-state index contributed by atoms with van der Waals surface area (Å²) in [5.41, 5.74) is 19.9. The fraction of sp³-hybridized carbons (Fsp3) is 0.0968. The average Bonchev–Trinajstić information content (AvgIpc) is 3.68. The summed E-state index contributed by atoms with van der Waals surface area (Å²) in [6.45, 7) is 2.28. The molecule has 8 aromatic carbocycles. The van der Waals surface area contributed by atoms with E-state index in [1.807, 2.05) is 11.8 Å². The molecule has 0 bridgehead atoms. The maximum Gasteiger partial charge on any atom is 0.160 e. The maximum absolute atomic E-state index is 5.37. The highest BCUT2D eigenvalue weighted by atomic mass is 32.2. The molecule has 0 saturated carbocycles. The van der Waals surface area contributed by atoms with Crippen LogP contribution in [0.1, 0.15) is 70.0 Å². The molecule has 0 amide bonds. The minimum Gasteiger partial charge on any atom is -0.228 e. The Bertz CT molecular complexity index is 3350. The second-order valence-corrected chi connectivity index (χ2v) is 18.8. The minimum atomic E-state index is -0.588. The summed E-state index contributed by atoms with van der Waals surface area (Å²) in [4.78, 5) is 13.2. The van der Waals surface area contributed by atoms with Gasteiger partial charge in [0.25, 0.3) is 0 Å². The number of nitrogens with zero attached hydrogens (tertiary/aromatic N) is 2. The van der Waals surface area contributed by atoms with Gasteiger partial charge >= 0.3 is 0 Å². The first-order valence-corrected chi connectivity index (χ1v) is 23.7. The predicted molar refractivity (Wildman–Crippen MR) is 267 cm³/mol. The van der Waals surface area contributed by atoms with Crippen molar-refractivity contribution < 1.29 is 0 Å². The van der Waals surface area contributed by atoms with E-state index >= 15 is 0 Å². The summed E-state index contributed by atoms with van der Waals surface area (Å²) in [5, 5.41) is 0. The number of hydrogen-bond donors (Lipinski definition) is 0. The molecule has 3 aliphatic carbocycles. The Balaban J connectivity index is 1.04. The van der Waals surface area contributed by atoms with Crippen molar-refractivity contribution in [1.29, 1.82) is 0 Å². The van der Waals surface area contributed by atoms with Gasteiger partial charge in [0, 0.05) is 20.9 Å². The van der Waals surface area contributed by atoms with Crippen molar-refractivity contribution in [2.45, 2.75) is 40.4 Å². The Morgan fingerprint density at radius 2 is 0.969 bits per heavy atom. The third-order valence-electron chi connectivity index (χ3n) is 14.6. The van der Waals surface area contributed by atoms with Gasteiger partial charge in [0.2, 0.25) is 0 Å². The van der Waals surface area contributed by atoms with Gasteiger partial charge in [-0.05, 0) is 109 Å². The number of fused-ring (bicyclic) bond motifs is 15. The van der Waals surface area contributed by atoms with Crippen LogP contribution >= 0.6 is 11.8 Å². The zero-order valence-electron chi connectivity index (χ0n) is 36.1. The van der Waals surface area contributed by atoms with Crippen LogP contribution in [-0.4, -0.2) is 9.97 Å². The van der Waals surface area contributed by atoms with Gasteiger partial charge in [-0.25, -0.2) is 9.97 Å². The van der Waals surface area contributed by atoms with Crippen LogP contribution in [0.4, 0.5) is 0 Å². The van der Waals surface area contributed by atoms with Gasteiger partial charge in [0.05, 0.1) is 22.2 Å². The molecule has 2 spiro atoms. The quantitative estimate of drug-likeness (QED) is 0.173. The van der Waals surface area contributed by atoms with Crippen LogP contribution < -0.4 is 0 Å². The lowest BCUT2D eigenvalue weighted by atomic mass is 9.51. The third kappa shape index (κ3) is 5.43. The third-order valence-corrected chi connectivity index (χ3v) is 15.9. The Labute approximate surface area is 385 Å². The summed E-state index contributed by atoms with van der Waals surface area (Å²) in [6.07, 6.45) is 8.79. The Kier molecular flexibility index (Phi) is 8.73. The molecular weight excluding hydrogens is 805 g/mol. The van der Waals surface area contributed by atoms with Gasteiger partial charge < -0.3 is 0 Å². The van der Waals surface area contributed by atoms with Gasteiger partial charge in [-0.15, -0.1) is 0 Å². The first-order valence-electron chi connectivity index (χ1n) is 22.9. The molecule has 0 N–H and O–H groups in total. The molecule has 0 fully saturated rings. The van der Waals surface area contributed by atoms with Gasteiger partial charge in [-0.3, -0.25) is 0 Å². The largest absolute Gasteiger partial charge is 0.228 e. The molecule has 65 heavy (non-hydrogen) atoms. The zero-order valence-corrected chi connectivity index (χ0v) is 36.9. The fourth-order valence-electron chi connectivity index (χ4n) is 11.9. The lowest BCUT2D eigenvalue weighted by molar-refractivity contribution is 0.606. The molecule has 9 aromatic rings. The summed E-state index contributed by atoms with van der Waals surface area (Å²) in [7, 11) is 0. The second-order valence-electron chi connectivity index (χ2n) is 17.8. The van der Waals surface area contributed by atoms with Crippen molar-refractivity contribution in [3.05, 3.63) is 269 Å². The molecule has 4 aliphatic rings. The SMILES string of the molecule is CCC1CC=CC=C1c1cc(-c2ccccc2)nc(-c2cccc(-c3cccc4c3Sc3ccccc3C43c4ccccc4C4(c5ccccc5-c5ccccc54)c4ccccc43)c2)n1. The van der Waals surface area contributed by atoms with Gasteiger partial charge in [-0.2, -0.15) is 0 Å². The topological polar surface area (TPSA) is 25.8 Å². The van der Waals surface area contributed by atoms with Gasteiger partial charge in [-0.1, -0.05) is 219 Å². The van der Waals surface area contributed by atoms with Crippen LogP contribution in [0.2, 0.25) is 0 Å². The van der Waals surface area contributed by atoms with Crippen molar-refractivity contribution in [1.82, 2.24) is 9.97 Å². The van der Waals surface area contributed by atoms with Crippen LogP contribution in [0, 0.1) is 5.92 Å². The lowest BCUT2D eigenvalue weighted by Gasteiger charge is -2.52. The molecule has 0 saturated heterocycles. The van der Waals surface area contributed by atoms with Crippen LogP contribution in [0.3, 0.4) is 0 Å². The van der Waals surface area contributed by atoms with Crippen molar-refractivity contribution in [2.75, 3.05) is 0 Å². The van der Waals surface area contributed by atoms with Crippen molar-refractivity contribution >= 4 is 17.3 Å². The van der Waals surface area contributed by atoms with Crippen LogP contribution in [0.15, 0.2) is 228 Å². The summed E-state index contributed by atoms with van der Waals surface area (Å²) < 4.78 is 0. The number of hydrogen-bond acceptors (Lipinski definition) is 3. The summed E-state index contributed by atoms with van der Waals surface area (Å²) in [6, 6.07) is 74.7. The molecule has 1 unspecified atom stereocenters. The minimum absolute atomic E-state index is 0.420. The van der Waals surface area contributed by atoms with Gasteiger partial charge in [0.15, 0.2) is 5.82 Å². The molecule has 0 radical (unpaired) electrons. The van der Waals surface area contributed by atoms with E-state index in [1.165, 1.54) is 76.6 Å². The van der Waals surface area contributed by atoms with Crippen molar-refractivity contribution in [3.8, 4) is 44.9 Å². The molecule has 3 heteroatoms. The molecule has 1 aliphatic heterocycles. The van der Waals surface area contributed by atoms with Crippen LogP contribution in [0.5, 0.6) is 0 Å². The highest BCUT2D eigenvalue weighted by Crippen LogP contribution is 2.67. The number of aromatic nitrogens is 2. The van der Waals surface area contributed by atoms with E-state index in [2.05, 4.69) is 225 Å². The number of benzene rings is 8. The summed E-state index contributed by atoms with van der Waals surface area (Å²) >= 11 is 1.90. The number of rotatable bonds is 5. The molecule has 2 nitrogen and oxygen atoms in total. The van der Waals surface area contributed by atoms with E-state index in [0.717, 1.165) is 46.7 Å². The molecule has 2 heterocycles. The van der Waals surface area contributed by atoms with E-state index in [-0.39, 0.29) is 0 Å². The maximum atomic E-state index is 5.37. The first-order chi connectivity index (χ1) is 32.2. The Morgan fingerprint density at radius 1 is 0.462 bits per heavy atom. The zero-order chi connectivity index (χ0) is 43.1. The fourth-order valence-corrected chi connectivity index (χ4v) is 13.2. The highest BCUT2D eigenvalue weighted by Gasteiger charge is 2.58. The first kappa shape index (κ1) is 38.2. The van der Waals surface area contributed by atoms with Crippen LogP contribution in [0.25, 0.3) is 50.5 Å². The van der Waals surface area contributed by atoms with Gasteiger partial charge in [0.1, 0.15) is 0 Å². The average molecular weight is 849 g/mol.